The molecule has 0 spiro atoms. The van der Waals surface area contributed by atoms with Gasteiger partial charge in [0.1, 0.15) is 5.75 Å². The third kappa shape index (κ3) is 3.80. The van der Waals surface area contributed by atoms with Crippen molar-refractivity contribution >= 4 is 5.91 Å². The van der Waals surface area contributed by atoms with Crippen molar-refractivity contribution in [1.29, 1.82) is 0 Å². The number of carbonyl (C=O) groups excluding carboxylic acids is 1. The molecule has 2 rings (SSSR count). The maximum absolute atomic E-state index is 12.6. The van der Waals surface area contributed by atoms with Gasteiger partial charge in [-0.15, -0.1) is 0 Å². The van der Waals surface area contributed by atoms with E-state index in [-0.39, 0.29) is 17.4 Å². The third-order valence-corrected chi connectivity index (χ3v) is 4.00. The molecule has 1 fully saturated rings. The van der Waals surface area contributed by atoms with Gasteiger partial charge in [-0.2, -0.15) is 0 Å². The zero-order valence-corrected chi connectivity index (χ0v) is 14.3. The highest BCUT2D eigenvalue weighted by atomic mass is 16.5. The Morgan fingerprint density at radius 2 is 2.14 bits per heavy atom. The summed E-state index contributed by atoms with van der Waals surface area (Å²) in [5.41, 5.74) is 2.64. The third-order valence-electron chi connectivity index (χ3n) is 4.00. The second kappa shape index (κ2) is 6.69. The summed E-state index contributed by atoms with van der Waals surface area (Å²) in [7, 11) is 1.62. The molecular formula is C18H27NO3. The standard InChI is InChI=1S/C18H27NO3/c1-12-9-14(16(21-5)15(10-12)18(2,3)4)17(20)19-11-13-7-6-8-22-13/h9-10,13H,6-8,11H2,1-5H3,(H,19,20). The van der Waals surface area contributed by atoms with Crippen LogP contribution < -0.4 is 10.1 Å². The zero-order valence-electron chi connectivity index (χ0n) is 14.3. The molecule has 1 unspecified atom stereocenters. The summed E-state index contributed by atoms with van der Waals surface area (Å²) in [6, 6.07) is 3.98. The molecule has 1 aromatic carbocycles. The van der Waals surface area contributed by atoms with Gasteiger partial charge in [-0.1, -0.05) is 26.8 Å². The van der Waals surface area contributed by atoms with Crippen LogP contribution in [-0.4, -0.2) is 32.3 Å². The molecule has 122 valence electrons. The molecule has 0 saturated carbocycles. The average Bonchev–Trinajstić information content (AvgIpc) is 2.96. The van der Waals surface area contributed by atoms with E-state index in [4.69, 9.17) is 9.47 Å². The second-order valence-electron chi connectivity index (χ2n) is 6.99. The predicted octanol–water partition coefficient (Wildman–Crippen LogP) is 3.21. The molecule has 1 amide bonds. The topological polar surface area (TPSA) is 47.6 Å². The van der Waals surface area contributed by atoms with Gasteiger partial charge in [0.05, 0.1) is 18.8 Å². The predicted molar refractivity (Wildman–Crippen MR) is 87.7 cm³/mol. The van der Waals surface area contributed by atoms with Gasteiger partial charge in [0.25, 0.3) is 5.91 Å². The SMILES string of the molecule is COc1c(C(=O)NCC2CCCO2)cc(C)cc1C(C)(C)C. The first kappa shape index (κ1) is 16.8. The van der Waals surface area contributed by atoms with E-state index in [2.05, 4.69) is 32.2 Å². The normalized spacial score (nSPS) is 18.3. The van der Waals surface area contributed by atoms with Gasteiger partial charge in [0, 0.05) is 18.7 Å². The van der Waals surface area contributed by atoms with Crippen LogP contribution in [0, 0.1) is 6.92 Å². The van der Waals surface area contributed by atoms with E-state index in [9.17, 15) is 4.79 Å². The molecule has 0 aliphatic carbocycles. The zero-order chi connectivity index (χ0) is 16.3. The van der Waals surface area contributed by atoms with Crippen LogP contribution in [0.1, 0.15) is 55.1 Å². The van der Waals surface area contributed by atoms with Crippen LogP contribution in [0.3, 0.4) is 0 Å². The van der Waals surface area contributed by atoms with E-state index in [0.717, 1.165) is 30.6 Å². The number of aryl methyl sites for hydroxylation is 1. The fraction of sp³-hybridized carbons (Fsp3) is 0.611. The Morgan fingerprint density at radius 1 is 1.41 bits per heavy atom. The molecule has 0 bridgehead atoms. The summed E-state index contributed by atoms with van der Waals surface area (Å²) < 4.78 is 11.1. The maximum Gasteiger partial charge on any atom is 0.255 e. The van der Waals surface area contributed by atoms with E-state index in [0.29, 0.717) is 17.9 Å². The van der Waals surface area contributed by atoms with Crippen LogP contribution in [0.4, 0.5) is 0 Å². The molecule has 22 heavy (non-hydrogen) atoms. The van der Waals surface area contributed by atoms with Gasteiger partial charge in [-0.05, 0) is 36.8 Å². The number of methoxy groups -OCH3 is 1. The highest BCUT2D eigenvalue weighted by Crippen LogP contribution is 2.35. The van der Waals surface area contributed by atoms with Crippen LogP contribution in [0.15, 0.2) is 12.1 Å². The van der Waals surface area contributed by atoms with E-state index >= 15 is 0 Å². The molecule has 1 aliphatic rings. The van der Waals surface area contributed by atoms with Crippen molar-refractivity contribution < 1.29 is 14.3 Å². The lowest BCUT2D eigenvalue weighted by atomic mass is 9.84. The Morgan fingerprint density at radius 3 is 2.68 bits per heavy atom. The molecule has 1 heterocycles. The first-order valence-electron chi connectivity index (χ1n) is 7.92. The average molecular weight is 305 g/mol. The Bertz CT molecular complexity index is 540. The smallest absolute Gasteiger partial charge is 0.255 e. The lowest BCUT2D eigenvalue weighted by Gasteiger charge is -2.24. The Hall–Kier alpha value is -1.55. The largest absolute Gasteiger partial charge is 0.496 e. The summed E-state index contributed by atoms with van der Waals surface area (Å²) in [5.74, 6) is 0.574. The number of ether oxygens (including phenoxy) is 2. The number of benzene rings is 1. The molecule has 1 aliphatic heterocycles. The first-order valence-corrected chi connectivity index (χ1v) is 7.92. The summed E-state index contributed by atoms with van der Waals surface area (Å²) in [4.78, 5) is 12.6. The molecule has 4 nitrogen and oxygen atoms in total. The minimum Gasteiger partial charge on any atom is -0.496 e. The number of rotatable bonds is 4. The van der Waals surface area contributed by atoms with Gasteiger partial charge >= 0.3 is 0 Å². The summed E-state index contributed by atoms with van der Waals surface area (Å²) in [6.07, 6.45) is 2.22. The van der Waals surface area contributed by atoms with Crippen molar-refractivity contribution in [3.05, 3.63) is 28.8 Å². The summed E-state index contributed by atoms with van der Waals surface area (Å²) in [5, 5.41) is 2.98. The lowest BCUT2D eigenvalue weighted by molar-refractivity contribution is 0.0855. The number of carbonyl (C=O) groups is 1. The monoisotopic (exact) mass is 305 g/mol. The van der Waals surface area contributed by atoms with Crippen molar-refractivity contribution in [1.82, 2.24) is 5.32 Å². The minimum atomic E-state index is -0.0958. The highest BCUT2D eigenvalue weighted by molar-refractivity contribution is 5.97. The van der Waals surface area contributed by atoms with Crippen LogP contribution in [0.5, 0.6) is 5.75 Å². The summed E-state index contributed by atoms with van der Waals surface area (Å²) >= 11 is 0. The van der Waals surface area contributed by atoms with Crippen LogP contribution in [0.25, 0.3) is 0 Å². The van der Waals surface area contributed by atoms with Crippen molar-refractivity contribution in [3.8, 4) is 5.75 Å². The van der Waals surface area contributed by atoms with Crippen LogP contribution >= 0.6 is 0 Å². The van der Waals surface area contributed by atoms with E-state index in [1.165, 1.54) is 0 Å². The van der Waals surface area contributed by atoms with Crippen LogP contribution in [-0.2, 0) is 10.2 Å². The highest BCUT2D eigenvalue weighted by Gasteiger charge is 2.25. The first-order chi connectivity index (χ1) is 10.3. The van der Waals surface area contributed by atoms with E-state index < -0.39 is 0 Å². The second-order valence-corrected chi connectivity index (χ2v) is 6.99. The maximum atomic E-state index is 12.6. The number of hydrogen-bond donors (Lipinski definition) is 1. The molecule has 0 aromatic heterocycles. The molecule has 0 radical (unpaired) electrons. The quantitative estimate of drug-likeness (QED) is 0.929. The molecule has 1 aromatic rings. The van der Waals surface area contributed by atoms with Crippen LogP contribution in [0.2, 0.25) is 0 Å². The van der Waals surface area contributed by atoms with Crippen molar-refractivity contribution in [2.24, 2.45) is 0 Å². The summed E-state index contributed by atoms with van der Waals surface area (Å²) in [6.45, 7) is 9.73. The Kier molecular flexibility index (Phi) is 5.12. The fourth-order valence-corrected chi connectivity index (χ4v) is 2.83. The lowest BCUT2D eigenvalue weighted by Crippen LogP contribution is -2.32. The van der Waals surface area contributed by atoms with E-state index in [1.807, 2.05) is 13.0 Å². The Balaban J connectivity index is 2.24. The van der Waals surface area contributed by atoms with E-state index in [1.54, 1.807) is 7.11 Å². The number of nitrogens with one attached hydrogen (secondary N) is 1. The van der Waals surface area contributed by atoms with Gasteiger partial charge < -0.3 is 14.8 Å². The van der Waals surface area contributed by atoms with Crippen molar-refractivity contribution in [2.75, 3.05) is 20.3 Å². The van der Waals surface area contributed by atoms with Gasteiger partial charge in [0.15, 0.2) is 0 Å². The fourth-order valence-electron chi connectivity index (χ4n) is 2.83. The molecule has 1 atom stereocenters. The minimum absolute atomic E-state index is 0.0824. The van der Waals surface area contributed by atoms with Gasteiger partial charge in [0.2, 0.25) is 0 Å². The van der Waals surface area contributed by atoms with Gasteiger partial charge in [-0.3, -0.25) is 4.79 Å². The Labute approximate surface area is 133 Å². The molecule has 1 N–H and O–H groups in total. The number of amides is 1. The molecule has 4 heteroatoms. The van der Waals surface area contributed by atoms with Gasteiger partial charge in [-0.25, -0.2) is 0 Å². The molecular weight excluding hydrogens is 278 g/mol. The van der Waals surface area contributed by atoms with Crippen molar-refractivity contribution in [3.63, 3.8) is 0 Å². The molecule has 1 saturated heterocycles. The number of hydrogen-bond acceptors (Lipinski definition) is 3. The van der Waals surface area contributed by atoms with Crippen molar-refractivity contribution in [2.45, 2.75) is 52.1 Å².